The Morgan fingerprint density at radius 3 is 1.92 bits per heavy atom. The van der Waals surface area contributed by atoms with Gasteiger partial charge in [0.25, 0.3) is 0 Å². The van der Waals surface area contributed by atoms with Gasteiger partial charge in [-0.25, -0.2) is 4.90 Å². The lowest BCUT2D eigenvalue weighted by Gasteiger charge is -2.20. The van der Waals surface area contributed by atoms with Crippen molar-refractivity contribution in [1.29, 1.82) is 0 Å². The summed E-state index contributed by atoms with van der Waals surface area (Å²) in [5.74, 6) is 0. The highest BCUT2D eigenvalue weighted by Gasteiger charge is 2.24. The molecule has 0 bridgehead atoms. The van der Waals surface area contributed by atoms with E-state index in [0.717, 1.165) is 4.90 Å². The molecule has 0 aromatic heterocycles. The van der Waals surface area contributed by atoms with Crippen LogP contribution in [0.4, 0.5) is 0 Å². The predicted octanol–water partition coefficient (Wildman–Crippen LogP) is -0.369. The Bertz CT molecular complexity index is 152. The number of rotatable bonds is 6. The first-order valence-corrected chi connectivity index (χ1v) is 4.99. The zero-order valence-corrected chi connectivity index (χ0v) is 8.03. The number of hydrogen-bond acceptors (Lipinski definition) is 6. The molecule has 0 aliphatic rings. The van der Waals surface area contributed by atoms with E-state index in [9.17, 15) is 4.57 Å². The smallest absolute Gasteiger partial charge is 0.344 e. The van der Waals surface area contributed by atoms with Crippen molar-refractivity contribution < 1.29 is 23.8 Å². The van der Waals surface area contributed by atoms with Crippen LogP contribution in [-0.2, 0) is 13.6 Å². The molecule has 0 saturated carbocycles. The molecule has 2 N–H and O–H groups in total. The zero-order valence-electron chi connectivity index (χ0n) is 7.13. The quantitative estimate of drug-likeness (QED) is 0.449. The van der Waals surface area contributed by atoms with Crippen LogP contribution in [0.1, 0.15) is 0 Å². The maximum atomic E-state index is 11.4. The third kappa shape index (κ3) is 3.62. The van der Waals surface area contributed by atoms with Gasteiger partial charge in [-0.15, -0.1) is 0 Å². The second-order valence-corrected chi connectivity index (χ2v) is 4.31. The standard InChI is InChI=1S/C5H14NO5P/c1-10-12(9,11-2)5-6(3-7)4-8/h7-8H,3-5H2,1-2H3. The van der Waals surface area contributed by atoms with E-state index in [1.54, 1.807) is 0 Å². The Hall–Kier alpha value is 0.0300. The first-order chi connectivity index (χ1) is 5.61. The molecule has 0 rings (SSSR count). The summed E-state index contributed by atoms with van der Waals surface area (Å²) in [5.41, 5.74) is 0. The summed E-state index contributed by atoms with van der Waals surface area (Å²) in [6.45, 7) is -0.791. The first kappa shape index (κ1) is 12.0. The Balaban J connectivity index is 4.09. The van der Waals surface area contributed by atoms with Gasteiger partial charge in [-0.2, -0.15) is 0 Å². The van der Waals surface area contributed by atoms with E-state index in [4.69, 9.17) is 10.2 Å². The highest BCUT2D eigenvalue weighted by Crippen LogP contribution is 2.46. The van der Waals surface area contributed by atoms with E-state index < -0.39 is 21.1 Å². The fraction of sp³-hybridized carbons (Fsp3) is 1.00. The van der Waals surface area contributed by atoms with Crippen LogP contribution in [-0.4, -0.2) is 49.1 Å². The second kappa shape index (κ2) is 5.64. The number of nitrogens with zero attached hydrogens (tertiary/aromatic N) is 1. The average molecular weight is 199 g/mol. The molecule has 0 amide bonds. The van der Waals surface area contributed by atoms with Gasteiger partial charge >= 0.3 is 7.60 Å². The van der Waals surface area contributed by atoms with Crippen LogP contribution in [0, 0.1) is 0 Å². The van der Waals surface area contributed by atoms with Crippen molar-refractivity contribution in [1.82, 2.24) is 4.90 Å². The SMILES string of the molecule is COP(=O)(CN(CO)CO)OC. The van der Waals surface area contributed by atoms with Crippen molar-refractivity contribution in [2.75, 3.05) is 34.0 Å². The lowest BCUT2D eigenvalue weighted by atomic mass is 10.9. The predicted molar refractivity (Wildman–Crippen MR) is 42.5 cm³/mol. The van der Waals surface area contributed by atoms with Gasteiger partial charge in [0.15, 0.2) is 0 Å². The monoisotopic (exact) mass is 199 g/mol. The van der Waals surface area contributed by atoms with Gasteiger partial charge in [0, 0.05) is 14.2 Å². The Labute approximate surface area is 71.2 Å². The normalized spacial score (nSPS) is 12.4. The molecule has 0 aliphatic heterocycles. The maximum Gasteiger partial charge on any atom is 0.344 e. The molecule has 0 heterocycles. The summed E-state index contributed by atoms with van der Waals surface area (Å²) in [5, 5.41) is 17.2. The minimum Gasteiger partial charge on any atom is -0.381 e. The summed E-state index contributed by atoms with van der Waals surface area (Å²) in [7, 11) is -0.670. The van der Waals surface area contributed by atoms with Gasteiger partial charge in [0.2, 0.25) is 0 Å². The van der Waals surface area contributed by atoms with Gasteiger partial charge in [0.1, 0.15) is 6.29 Å². The fourth-order valence-electron chi connectivity index (χ4n) is 0.569. The van der Waals surface area contributed by atoms with E-state index in [0.29, 0.717) is 0 Å². The second-order valence-electron chi connectivity index (χ2n) is 2.07. The van der Waals surface area contributed by atoms with Gasteiger partial charge in [-0.05, 0) is 0 Å². The van der Waals surface area contributed by atoms with Crippen molar-refractivity contribution >= 4 is 7.60 Å². The molecular formula is C5H14NO5P. The molecular weight excluding hydrogens is 185 g/mol. The Morgan fingerprint density at radius 1 is 1.25 bits per heavy atom. The third-order valence-corrected chi connectivity index (χ3v) is 3.19. The van der Waals surface area contributed by atoms with Crippen LogP contribution in [0.15, 0.2) is 0 Å². The van der Waals surface area contributed by atoms with E-state index in [2.05, 4.69) is 9.05 Å². The summed E-state index contributed by atoms with van der Waals surface area (Å²) < 4.78 is 20.6. The molecule has 0 radical (unpaired) electrons. The lowest BCUT2D eigenvalue weighted by molar-refractivity contribution is 0.0382. The van der Waals surface area contributed by atoms with E-state index in [1.165, 1.54) is 14.2 Å². The topological polar surface area (TPSA) is 79.2 Å². The van der Waals surface area contributed by atoms with Gasteiger partial charge < -0.3 is 19.3 Å². The summed E-state index contributed by atoms with van der Waals surface area (Å²) in [6, 6.07) is 0. The Kier molecular flexibility index (Phi) is 5.65. The number of hydrogen-bond donors (Lipinski definition) is 2. The van der Waals surface area contributed by atoms with Crippen molar-refractivity contribution in [3.05, 3.63) is 0 Å². The highest BCUT2D eigenvalue weighted by atomic mass is 31.2. The number of aliphatic hydroxyl groups excluding tert-OH is 2. The van der Waals surface area contributed by atoms with E-state index in [1.807, 2.05) is 0 Å². The minimum absolute atomic E-state index is 0.132. The fourth-order valence-corrected chi connectivity index (χ4v) is 1.62. The average Bonchev–Trinajstić information content (AvgIpc) is 2.14. The molecule has 0 unspecified atom stereocenters. The third-order valence-electron chi connectivity index (χ3n) is 1.33. The largest absolute Gasteiger partial charge is 0.381 e. The molecule has 7 heteroatoms. The van der Waals surface area contributed by atoms with Crippen LogP contribution in [0.25, 0.3) is 0 Å². The minimum atomic E-state index is -3.16. The lowest BCUT2D eigenvalue weighted by Crippen LogP contribution is -2.27. The molecule has 6 nitrogen and oxygen atoms in total. The maximum absolute atomic E-state index is 11.4. The molecule has 12 heavy (non-hydrogen) atoms. The van der Waals surface area contributed by atoms with Gasteiger partial charge in [0.05, 0.1) is 13.5 Å². The van der Waals surface area contributed by atoms with E-state index in [-0.39, 0.29) is 6.29 Å². The van der Waals surface area contributed by atoms with Crippen LogP contribution in [0.2, 0.25) is 0 Å². The molecule has 0 saturated heterocycles. The summed E-state index contributed by atoms with van der Waals surface area (Å²) >= 11 is 0. The number of aliphatic hydroxyl groups is 2. The van der Waals surface area contributed by atoms with Crippen molar-refractivity contribution in [3.63, 3.8) is 0 Å². The van der Waals surface area contributed by atoms with Gasteiger partial charge in [-0.3, -0.25) is 4.57 Å². The van der Waals surface area contributed by atoms with Crippen LogP contribution < -0.4 is 0 Å². The molecule has 0 spiro atoms. The molecule has 0 aliphatic carbocycles. The molecule has 0 aromatic carbocycles. The molecule has 0 fully saturated rings. The summed E-state index contributed by atoms with van der Waals surface area (Å²) in [4.78, 5) is 1.12. The van der Waals surface area contributed by atoms with Crippen molar-refractivity contribution in [2.45, 2.75) is 0 Å². The molecule has 74 valence electrons. The van der Waals surface area contributed by atoms with Crippen molar-refractivity contribution in [2.24, 2.45) is 0 Å². The van der Waals surface area contributed by atoms with Crippen LogP contribution >= 0.6 is 7.60 Å². The highest BCUT2D eigenvalue weighted by molar-refractivity contribution is 7.53. The molecule has 0 atom stereocenters. The molecule has 0 aromatic rings. The zero-order chi connectivity index (χ0) is 9.61. The van der Waals surface area contributed by atoms with Crippen molar-refractivity contribution in [3.8, 4) is 0 Å². The first-order valence-electron chi connectivity index (χ1n) is 3.26. The van der Waals surface area contributed by atoms with Gasteiger partial charge in [-0.1, -0.05) is 0 Å². The Morgan fingerprint density at radius 2 is 1.67 bits per heavy atom. The van der Waals surface area contributed by atoms with E-state index >= 15 is 0 Å². The van der Waals surface area contributed by atoms with Crippen LogP contribution in [0.5, 0.6) is 0 Å². The summed E-state index contributed by atoms with van der Waals surface area (Å²) in [6.07, 6.45) is -0.132. The van der Waals surface area contributed by atoms with Crippen LogP contribution in [0.3, 0.4) is 0 Å².